The molecule has 0 spiro atoms. The lowest BCUT2D eigenvalue weighted by Crippen LogP contribution is -2.61. The summed E-state index contributed by atoms with van der Waals surface area (Å²) in [6.07, 6.45) is 3.22. The molecule has 15 N–H and O–H groups in total. The van der Waals surface area contributed by atoms with E-state index in [4.69, 9.17) is 22.3 Å². The first kappa shape index (κ1) is 52.6. The van der Waals surface area contributed by atoms with Crippen LogP contribution in [0.1, 0.15) is 83.9 Å². The predicted octanol–water partition coefficient (Wildman–Crippen LogP) is -1.65. The fourth-order valence-electron chi connectivity index (χ4n) is 7.18. The number of phenols is 1. The Morgan fingerprint density at radius 2 is 1.46 bits per heavy atom. The van der Waals surface area contributed by atoms with E-state index in [-0.39, 0.29) is 69.2 Å². The lowest BCUT2D eigenvalue weighted by molar-refractivity contribution is -0.149. The lowest BCUT2D eigenvalue weighted by atomic mass is 9.96. The smallest absolute Gasteiger partial charge is 0.326 e. The Labute approximate surface area is 376 Å². The summed E-state index contributed by atoms with van der Waals surface area (Å²) < 4.78 is 0. The van der Waals surface area contributed by atoms with Gasteiger partial charge >= 0.3 is 11.9 Å². The third-order valence-electron chi connectivity index (χ3n) is 10.9. The summed E-state index contributed by atoms with van der Waals surface area (Å²) in [6.45, 7) is 7.32. The standard InChI is InChI=1S/C42H64N12O11/c1-5-23(4)34(39(62)52-31(18-25-20-46-21-48-25)40(63)54-15-7-9-32(54)41(64)65)53-38(61)30(17-24-10-12-26(55)13-11-24)51-37(60)29(16-22(2)3)50-36(59)28(8-6-14-47-42(44)45)49-35(58)27(43)19-33(56)57/h10-13,20-23,27-32,34,55H,5-9,14-19,43H2,1-4H3,(H,46,48)(H,49,58)(H,50,59)(H,51,60)(H,52,62)(H,53,61)(H,56,57)(H,64,65)(H4,44,45,47)/t23-,27-,28-,29-,30-,31-,32-,34-/m0/s1. The quantitative estimate of drug-likeness (QED) is 0.0286. The average Bonchev–Trinajstić information content (AvgIpc) is 3.96. The number of aliphatic carboxylic acids is 2. The van der Waals surface area contributed by atoms with Gasteiger partial charge in [-0.2, -0.15) is 0 Å². The molecule has 1 fully saturated rings. The number of amides is 6. The van der Waals surface area contributed by atoms with Crippen molar-refractivity contribution < 1.29 is 53.7 Å². The second-order valence-electron chi connectivity index (χ2n) is 16.6. The number of aromatic amines is 1. The van der Waals surface area contributed by atoms with Gasteiger partial charge in [0, 0.05) is 37.8 Å². The maximum Gasteiger partial charge on any atom is 0.326 e. The molecule has 0 saturated carbocycles. The molecule has 1 aromatic heterocycles. The molecule has 0 aliphatic carbocycles. The van der Waals surface area contributed by atoms with Gasteiger partial charge in [0.15, 0.2) is 5.96 Å². The minimum absolute atomic E-state index is 0.0401. The number of benzene rings is 1. The summed E-state index contributed by atoms with van der Waals surface area (Å²) in [7, 11) is 0. The van der Waals surface area contributed by atoms with Crippen LogP contribution in [0.5, 0.6) is 5.75 Å². The Morgan fingerprint density at radius 3 is 2.05 bits per heavy atom. The van der Waals surface area contributed by atoms with Crippen LogP contribution in [0, 0.1) is 11.8 Å². The van der Waals surface area contributed by atoms with Crippen LogP contribution in [-0.4, -0.2) is 139 Å². The van der Waals surface area contributed by atoms with Crippen molar-refractivity contribution >= 4 is 53.3 Å². The number of likely N-dealkylation sites (tertiary alicyclic amines) is 1. The molecule has 1 saturated heterocycles. The Bertz CT molecular complexity index is 1970. The second kappa shape index (κ2) is 25.5. The zero-order chi connectivity index (χ0) is 48.4. The summed E-state index contributed by atoms with van der Waals surface area (Å²) in [5.41, 5.74) is 17.6. The Hall–Kier alpha value is -6.78. The van der Waals surface area contributed by atoms with E-state index < -0.39 is 102 Å². The number of carbonyl (C=O) groups is 8. The van der Waals surface area contributed by atoms with Crippen molar-refractivity contribution in [3.05, 3.63) is 48.0 Å². The molecule has 1 aromatic carbocycles. The van der Waals surface area contributed by atoms with E-state index in [1.807, 2.05) is 0 Å². The van der Waals surface area contributed by atoms with E-state index >= 15 is 0 Å². The summed E-state index contributed by atoms with van der Waals surface area (Å²) >= 11 is 0. The number of hydrogen-bond donors (Lipinski definition) is 12. The number of aliphatic imine (C=N–C) groups is 1. The van der Waals surface area contributed by atoms with Crippen molar-refractivity contribution in [3.63, 3.8) is 0 Å². The first-order valence-corrected chi connectivity index (χ1v) is 21.5. The molecule has 23 heteroatoms. The number of nitrogens with one attached hydrogen (secondary N) is 6. The van der Waals surface area contributed by atoms with Gasteiger partial charge in [-0.05, 0) is 61.6 Å². The highest BCUT2D eigenvalue weighted by Gasteiger charge is 2.40. The Morgan fingerprint density at radius 1 is 0.846 bits per heavy atom. The minimum Gasteiger partial charge on any atom is -0.508 e. The number of carboxylic acid groups (broad SMARTS) is 2. The summed E-state index contributed by atoms with van der Waals surface area (Å²) in [6, 6.07) is -3.21. The highest BCUT2D eigenvalue weighted by Crippen LogP contribution is 2.20. The van der Waals surface area contributed by atoms with Gasteiger partial charge in [-0.1, -0.05) is 46.2 Å². The summed E-state index contributed by atoms with van der Waals surface area (Å²) in [5, 5.41) is 42.2. The van der Waals surface area contributed by atoms with Crippen LogP contribution in [0.4, 0.5) is 0 Å². The number of carboxylic acids is 2. The largest absolute Gasteiger partial charge is 0.508 e. The molecule has 2 aromatic rings. The van der Waals surface area contributed by atoms with E-state index in [1.165, 1.54) is 41.7 Å². The number of nitrogens with two attached hydrogens (primary N) is 3. The minimum atomic E-state index is -1.49. The van der Waals surface area contributed by atoms with Gasteiger partial charge in [0.1, 0.15) is 42.0 Å². The van der Waals surface area contributed by atoms with Crippen molar-refractivity contribution in [1.29, 1.82) is 0 Å². The van der Waals surface area contributed by atoms with E-state index in [9.17, 15) is 48.6 Å². The Kier molecular flexibility index (Phi) is 20.6. The SMILES string of the molecule is CC[C@H](C)[C@H](NC(=O)[C@H](Cc1ccc(O)cc1)NC(=O)[C@H](CC(C)C)NC(=O)[C@H](CCCN=C(N)N)NC(=O)[C@@H](N)CC(=O)O)C(=O)N[C@@H](Cc1cnc[nH]1)C(=O)N1CCC[C@H]1C(=O)O. The van der Waals surface area contributed by atoms with E-state index in [2.05, 4.69) is 41.5 Å². The zero-order valence-electron chi connectivity index (χ0n) is 37.1. The number of carbonyl (C=O) groups excluding carboxylic acids is 6. The van der Waals surface area contributed by atoms with Crippen LogP contribution in [0.3, 0.4) is 0 Å². The third-order valence-corrected chi connectivity index (χ3v) is 10.9. The molecule has 0 bridgehead atoms. The van der Waals surface area contributed by atoms with Gasteiger partial charge in [0.05, 0.1) is 18.8 Å². The van der Waals surface area contributed by atoms with E-state index in [0.29, 0.717) is 24.1 Å². The highest BCUT2D eigenvalue weighted by atomic mass is 16.4. The molecule has 1 aliphatic heterocycles. The van der Waals surface area contributed by atoms with Crippen molar-refractivity contribution in [1.82, 2.24) is 41.5 Å². The van der Waals surface area contributed by atoms with Crippen molar-refractivity contribution in [2.75, 3.05) is 13.1 Å². The fourth-order valence-corrected chi connectivity index (χ4v) is 7.18. The molecular weight excluding hydrogens is 849 g/mol. The molecule has 23 nitrogen and oxygen atoms in total. The molecule has 2 heterocycles. The molecule has 8 atom stereocenters. The topological polar surface area (TPSA) is 380 Å². The van der Waals surface area contributed by atoms with Gasteiger partial charge in [0.2, 0.25) is 35.4 Å². The molecular formula is C42H64N12O11. The molecule has 0 unspecified atom stereocenters. The van der Waals surface area contributed by atoms with Gasteiger partial charge in [-0.25, -0.2) is 9.78 Å². The van der Waals surface area contributed by atoms with Crippen LogP contribution < -0.4 is 43.8 Å². The number of aromatic hydroxyl groups is 1. The number of nitrogens with zero attached hydrogens (tertiary/aromatic N) is 3. The number of rotatable bonds is 26. The number of hydrogen-bond acceptors (Lipinski definition) is 12. The number of aromatic nitrogens is 2. The van der Waals surface area contributed by atoms with Crippen LogP contribution in [-0.2, 0) is 51.2 Å². The van der Waals surface area contributed by atoms with Gasteiger partial charge in [-0.3, -0.25) is 38.6 Å². The van der Waals surface area contributed by atoms with Crippen molar-refractivity contribution in [3.8, 4) is 5.75 Å². The van der Waals surface area contributed by atoms with E-state index in [0.717, 1.165) is 0 Å². The van der Waals surface area contributed by atoms with Crippen molar-refractivity contribution in [2.24, 2.45) is 34.0 Å². The van der Waals surface area contributed by atoms with Crippen molar-refractivity contribution in [2.45, 2.75) is 128 Å². The summed E-state index contributed by atoms with van der Waals surface area (Å²) in [4.78, 5) is 119. The van der Waals surface area contributed by atoms with Gasteiger partial charge in [0.25, 0.3) is 0 Å². The number of guanidine groups is 1. The van der Waals surface area contributed by atoms with Gasteiger partial charge in [-0.15, -0.1) is 0 Å². The monoisotopic (exact) mass is 912 g/mol. The van der Waals surface area contributed by atoms with Gasteiger partial charge < -0.3 is 69.0 Å². The van der Waals surface area contributed by atoms with Crippen LogP contribution in [0.15, 0.2) is 41.8 Å². The normalized spacial score (nSPS) is 16.7. The maximum atomic E-state index is 14.4. The number of phenolic OH excluding ortho intramolecular Hbond substituents is 1. The Balaban J connectivity index is 1.93. The van der Waals surface area contributed by atoms with Crippen LogP contribution in [0.25, 0.3) is 0 Å². The fraction of sp³-hybridized carbons (Fsp3) is 0.571. The van der Waals surface area contributed by atoms with Crippen LogP contribution in [0.2, 0.25) is 0 Å². The molecule has 1 aliphatic rings. The number of imidazole rings is 1. The molecule has 3 rings (SSSR count). The zero-order valence-corrected chi connectivity index (χ0v) is 37.1. The molecule has 0 radical (unpaired) electrons. The predicted molar refractivity (Wildman–Crippen MR) is 235 cm³/mol. The van der Waals surface area contributed by atoms with Crippen LogP contribution >= 0.6 is 0 Å². The molecule has 6 amide bonds. The molecule has 65 heavy (non-hydrogen) atoms. The lowest BCUT2D eigenvalue weighted by Gasteiger charge is -2.31. The summed E-state index contributed by atoms with van der Waals surface area (Å²) in [5.74, 6) is -8.21. The second-order valence-corrected chi connectivity index (χ2v) is 16.6. The number of H-pyrrole nitrogens is 1. The first-order chi connectivity index (χ1) is 30.7. The molecule has 358 valence electrons. The first-order valence-electron chi connectivity index (χ1n) is 21.5. The maximum absolute atomic E-state index is 14.4. The average molecular weight is 913 g/mol. The van der Waals surface area contributed by atoms with E-state index in [1.54, 1.807) is 27.7 Å². The third kappa shape index (κ3) is 17.0. The highest BCUT2D eigenvalue weighted by molar-refractivity contribution is 5.97.